The van der Waals surface area contributed by atoms with E-state index in [0.717, 1.165) is 68.0 Å². The van der Waals surface area contributed by atoms with Crippen LogP contribution in [0, 0.1) is 0 Å². The number of nitrogens with zero attached hydrogens (tertiary/aromatic N) is 3. The van der Waals surface area contributed by atoms with Gasteiger partial charge in [0.25, 0.3) is 0 Å². The van der Waals surface area contributed by atoms with Gasteiger partial charge in [0.2, 0.25) is 0 Å². The van der Waals surface area contributed by atoms with Crippen LogP contribution < -0.4 is 14.4 Å². The smallest absolute Gasteiger partial charge is 0.152 e. The Morgan fingerprint density at radius 3 is 1.66 bits per heavy atom. The monoisotopic (exact) mass is 679 g/mol. The standard InChI is InChI=1S/C48H29N3O2/c1-2-15-38-34(11-1)37-29-32(50-40-16-3-6-19-43(40)52-44-20-7-4-17-41(44)50)27-28-39(37)49(38)31-25-23-30(24-26-31)33-12-9-13-35-36-14-10-22-46-48(36)51(47(33)35)42-18-5-8-21-45(42)53-46/h1-29H. The quantitative estimate of drug-likeness (QED) is 0.186. The molecule has 0 bridgehead atoms. The lowest BCUT2D eigenvalue weighted by molar-refractivity contribution is 0.476. The number of hydrogen-bond donors (Lipinski definition) is 0. The summed E-state index contributed by atoms with van der Waals surface area (Å²) in [5.41, 5.74) is 12.3. The number of rotatable bonds is 3. The SMILES string of the molecule is c1ccc2c(c1)Oc1ccccc1N2c1ccc2c(c1)c1ccccc1n2-c1ccc(-c2cccc3c4cccc5c4n(c23)-c2ccccc2O5)cc1. The van der Waals surface area contributed by atoms with Gasteiger partial charge in [-0.25, -0.2) is 0 Å². The van der Waals surface area contributed by atoms with Crippen molar-refractivity contribution in [3.05, 3.63) is 176 Å². The molecule has 0 saturated heterocycles. The molecule has 0 amide bonds. The zero-order chi connectivity index (χ0) is 34.6. The van der Waals surface area contributed by atoms with Crippen molar-refractivity contribution in [1.82, 2.24) is 9.13 Å². The van der Waals surface area contributed by atoms with Crippen molar-refractivity contribution < 1.29 is 9.47 Å². The largest absolute Gasteiger partial charge is 0.453 e. The molecule has 5 nitrogen and oxygen atoms in total. The van der Waals surface area contributed by atoms with Crippen molar-refractivity contribution in [2.24, 2.45) is 0 Å². The zero-order valence-corrected chi connectivity index (χ0v) is 28.4. The third kappa shape index (κ3) is 3.96. The maximum atomic E-state index is 6.39. The molecule has 248 valence electrons. The molecule has 0 radical (unpaired) electrons. The number of hydrogen-bond acceptors (Lipinski definition) is 3. The van der Waals surface area contributed by atoms with Crippen LogP contribution >= 0.6 is 0 Å². The number of para-hydroxylation sites is 9. The summed E-state index contributed by atoms with van der Waals surface area (Å²) in [4.78, 5) is 2.31. The van der Waals surface area contributed by atoms with Crippen LogP contribution in [-0.4, -0.2) is 9.13 Å². The Bertz CT molecular complexity index is 3090. The molecular weight excluding hydrogens is 651 g/mol. The van der Waals surface area contributed by atoms with Gasteiger partial charge in [-0.3, -0.25) is 0 Å². The van der Waals surface area contributed by atoms with Crippen LogP contribution in [0.5, 0.6) is 23.0 Å². The van der Waals surface area contributed by atoms with Gasteiger partial charge in [-0.05, 0) is 84.4 Å². The third-order valence-electron chi connectivity index (χ3n) is 10.9. The second-order valence-electron chi connectivity index (χ2n) is 13.7. The van der Waals surface area contributed by atoms with Crippen molar-refractivity contribution in [3.8, 4) is 45.5 Å². The van der Waals surface area contributed by atoms with Crippen molar-refractivity contribution >= 4 is 60.7 Å². The maximum Gasteiger partial charge on any atom is 0.152 e. The molecule has 2 aliphatic rings. The van der Waals surface area contributed by atoms with E-state index in [1.807, 2.05) is 36.4 Å². The van der Waals surface area contributed by atoms with Gasteiger partial charge < -0.3 is 23.5 Å². The van der Waals surface area contributed by atoms with Crippen LogP contribution in [0.2, 0.25) is 0 Å². The van der Waals surface area contributed by atoms with Crippen molar-refractivity contribution in [2.75, 3.05) is 4.90 Å². The van der Waals surface area contributed by atoms with Crippen molar-refractivity contribution in [3.63, 3.8) is 0 Å². The lowest BCUT2D eigenvalue weighted by Crippen LogP contribution is -2.15. The molecule has 10 aromatic rings. The summed E-state index contributed by atoms with van der Waals surface area (Å²) in [7, 11) is 0. The molecule has 8 aromatic carbocycles. The number of aromatic nitrogens is 2. The maximum absolute atomic E-state index is 6.39. The normalized spacial score (nSPS) is 12.8. The van der Waals surface area contributed by atoms with Crippen LogP contribution in [0.15, 0.2) is 176 Å². The van der Waals surface area contributed by atoms with Crippen LogP contribution in [0.3, 0.4) is 0 Å². The fourth-order valence-electron chi connectivity index (χ4n) is 8.64. The Morgan fingerprint density at radius 1 is 0.340 bits per heavy atom. The lowest BCUT2D eigenvalue weighted by atomic mass is 10.0. The number of anilines is 3. The van der Waals surface area contributed by atoms with Crippen LogP contribution in [0.25, 0.3) is 66.1 Å². The lowest BCUT2D eigenvalue weighted by Gasteiger charge is -2.32. The average Bonchev–Trinajstić information content (AvgIpc) is 3.74. The van der Waals surface area contributed by atoms with E-state index >= 15 is 0 Å². The Kier molecular flexibility index (Phi) is 5.71. The molecule has 2 aliphatic heterocycles. The summed E-state index contributed by atoms with van der Waals surface area (Å²) >= 11 is 0. The fourth-order valence-corrected chi connectivity index (χ4v) is 8.64. The van der Waals surface area contributed by atoms with E-state index < -0.39 is 0 Å². The Morgan fingerprint density at radius 2 is 0.887 bits per heavy atom. The van der Waals surface area contributed by atoms with E-state index in [4.69, 9.17) is 9.47 Å². The first-order chi connectivity index (χ1) is 26.3. The highest BCUT2D eigenvalue weighted by atomic mass is 16.5. The molecular formula is C48H29N3O2. The summed E-state index contributed by atoms with van der Waals surface area (Å²) in [5.74, 6) is 3.45. The predicted octanol–water partition coefficient (Wildman–Crippen LogP) is 13.2. The topological polar surface area (TPSA) is 31.6 Å². The van der Waals surface area contributed by atoms with Gasteiger partial charge in [0.15, 0.2) is 23.0 Å². The molecule has 0 saturated carbocycles. The minimum atomic E-state index is 0.847. The zero-order valence-electron chi connectivity index (χ0n) is 28.4. The second kappa shape index (κ2) is 10.6. The van der Waals surface area contributed by atoms with Gasteiger partial charge >= 0.3 is 0 Å². The summed E-state index contributed by atoms with van der Waals surface area (Å²) in [6, 6.07) is 62.3. The van der Waals surface area contributed by atoms with E-state index in [-0.39, 0.29) is 0 Å². The highest BCUT2D eigenvalue weighted by Crippen LogP contribution is 2.51. The molecule has 53 heavy (non-hydrogen) atoms. The number of fused-ring (bicyclic) bond motifs is 10. The summed E-state index contributed by atoms with van der Waals surface area (Å²) < 4.78 is 17.5. The van der Waals surface area contributed by atoms with E-state index in [2.05, 4.69) is 154 Å². The molecule has 0 fully saturated rings. The fraction of sp³-hybridized carbons (Fsp3) is 0. The number of ether oxygens (including phenoxy) is 2. The van der Waals surface area contributed by atoms with E-state index in [1.54, 1.807) is 0 Å². The number of benzene rings is 8. The minimum Gasteiger partial charge on any atom is -0.453 e. The summed E-state index contributed by atoms with van der Waals surface area (Å²) in [6.07, 6.45) is 0. The van der Waals surface area contributed by atoms with Crippen molar-refractivity contribution in [2.45, 2.75) is 0 Å². The van der Waals surface area contributed by atoms with Crippen LogP contribution in [0.1, 0.15) is 0 Å². The molecule has 0 atom stereocenters. The average molecular weight is 680 g/mol. The van der Waals surface area contributed by atoms with Gasteiger partial charge in [-0.15, -0.1) is 0 Å². The molecule has 0 N–H and O–H groups in total. The molecule has 12 rings (SSSR count). The first-order valence-electron chi connectivity index (χ1n) is 17.9. The molecule has 5 heteroatoms. The van der Waals surface area contributed by atoms with Gasteiger partial charge in [0, 0.05) is 38.5 Å². The molecule has 0 unspecified atom stereocenters. The summed E-state index contributed by atoms with van der Waals surface area (Å²) in [6.45, 7) is 0. The predicted molar refractivity (Wildman–Crippen MR) is 215 cm³/mol. The second-order valence-corrected chi connectivity index (χ2v) is 13.7. The molecule has 0 aliphatic carbocycles. The minimum absolute atomic E-state index is 0.847. The Hall–Kier alpha value is -7.24. The Labute approximate surface area is 304 Å². The van der Waals surface area contributed by atoms with Gasteiger partial charge in [-0.1, -0.05) is 97.1 Å². The molecule has 0 spiro atoms. The van der Waals surface area contributed by atoms with E-state index in [0.29, 0.717) is 0 Å². The highest BCUT2D eigenvalue weighted by molar-refractivity contribution is 6.16. The first kappa shape index (κ1) is 28.5. The van der Waals surface area contributed by atoms with Crippen LogP contribution in [-0.2, 0) is 0 Å². The van der Waals surface area contributed by atoms with Crippen molar-refractivity contribution in [1.29, 1.82) is 0 Å². The van der Waals surface area contributed by atoms with E-state index in [1.165, 1.54) is 38.1 Å². The van der Waals surface area contributed by atoms with Gasteiger partial charge in [0.1, 0.15) is 0 Å². The van der Waals surface area contributed by atoms with Gasteiger partial charge in [-0.2, -0.15) is 0 Å². The molecule has 4 heterocycles. The third-order valence-corrected chi connectivity index (χ3v) is 10.9. The van der Waals surface area contributed by atoms with E-state index in [9.17, 15) is 0 Å². The molecule has 2 aromatic heterocycles. The Balaban J connectivity index is 1.02. The first-order valence-corrected chi connectivity index (χ1v) is 17.9. The summed E-state index contributed by atoms with van der Waals surface area (Å²) in [5, 5.41) is 4.82. The van der Waals surface area contributed by atoms with Crippen LogP contribution in [0.4, 0.5) is 17.1 Å². The van der Waals surface area contributed by atoms with Gasteiger partial charge in [0.05, 0.1) is 39.1 Å². The highest BCUT2D eigenvalue weighted by Gasteiger charge is 2.27.